The first-order valence-corrected chi connectivity index (χ1v) is 10.3. The molecule has 6 atom stereocenters. The molecule has 1 heterocycles. The van der Waals surface area contributed by atoms with Crippen molar-refractivity contribution in [3.63, 3.8) is 0 Å². The van der Waals surface area contributed by atoms with E-state index in [0.717, 1.165) is 25.7 Å². The van der Waals surface area contributed by atoms with Gasteiger partial charge in [-0.15, -0.1) is 0 Å². The zero-order valence-corrected chi connectivity index (χ0v) is 16.5. The molecule has 0 amide bonds. The first-order chi connectivity index (χ1) is 13.3. The molecule has 3 saturated carbocycles. The summed E-state index contributed by atoms with van der Waals surface area (Å²) in [7, 11) is 0. The molecule has 4 rings (SSSR count). The summed E-state index contributed by atoms with van der Waals surface area (Å²) < 4.78 is 22.4. The van der Waals surface area contributed by atoms with Gasteiger partial charge in [-0.1, -0.05) is 25.8 Å². The summed E-state index contributed by atoms with van der Waals surface area (Å²) in [5, 5.41) is 0. The molecular weight excluding hydrogens is 364 g/mol. The van der Waals surface area contributed by atoms with Crippen molar-refractivity contribution in [2.24, 2.45) is 17.3 Å². The fourth-order valence-corrected chi connectivity index (χ4v) is 5.41. The van der Waals surface area contributed by atoms with Gasteiger partial charge in [0.2, 0.25) is 0 Å². The normalized spacial score (nSPS) is 37.4. The lowest BCUT2D eigenvalue weighted by molar-refractivity contribution is -0.200. The fourth-order valence-electron chi connectivity index (χ4n) is 5.41. The standard InChI is InChI=1S/C21H28O7/c1-11(2)18(22)27-16-13-9-15-17(16)28-20(24)21(15,10-13)19(23)26-12(3)25-14-7-5-4-6-8-14/h12-17H,1,4-10H2,2-3H3. The second kappa shape index (κ2) is 7.17. The highest BCUT2D eigenvalue weighted by Crippen LogP contribution is 2.63. The molecule has 7 heteroatoms. The van der Waals surface area contributed by atoms with Crippen LogP contribution in [0.5, 0.6) is 0 Å². The number of ether oxygens (including phenoxy) is 4. The molecule has 0 aromatic carbocycles. The van der Waals surface area contributed by atoms with Gasteiger partial charge in [-0.3, -0.25) is 9.59 Å². The van der Waals surface area contributed by atoms with Gasteiger partial charge in [0.25, 0.3) is 0 Å². The molecule has 1 aliphatic heterocycles. The molecule has 28 heavy (non-hydrogen) atoms. The highest BCUT2D eigenvalue weighted by molar-refractivity contribution is 6.03. The molecule has 0 spiro atoms. The predicted molar refractivity (Wildman–Crippen MR) is 96.7 cm³/mol. The number of rotatable bonds is 6. The molecule has 0 aromatic heterocycles. The summed E-state index contributed by atoms with van der Waals surface area (Å²) in [6.07, 6.45) is 4.59. The van der Waals surface area contributed by atoms with Crippen molar-refractivity contribution in [2.75, 3.05) is 0 Å². The zero-order chi connectivity index (χ0) is 20.1. The Labute approximate surface area is 164 Å². The lowest BCUT2D eigenvalue weighted by Gasteiger charge is -2.32. The van der Waals surface area contributed by atoms with Crippen LogP contribution in [0, 0.1) is 17.3 Å². The van der Waals surface area contributed by atoms with Crippen molar-refractivity contribution in [2.45, 2.75) is 83.4 Å². The van der Waals surface area contributed by atoms with Crippen LogP contribution in [0.1, 0.15) is 58.8 Å². The number of carbonyl (C=O) groups is 3. The summed E-state index contributed by atoms with van der Waals surface area (Å²) in [4.78, 5) is 37.6. The van der Waals surface area contributed by atoms with Crippen LogP contribution < -0.4 is 0 Å². The minimum absolute atomic E-state index is 0.0909. The van der Waals surface area contributed by atoms with Crippen LogP contribution in [-0.4, -0.2) is 42.5 Å². The average Bonchev–Trinajstić information content (AvgIpc) is 3.24. The Bertz CT molecular complexity index is 695. The van der Waals surface area contributed by atoms with Crippen molar-refractivity contribution in [3.05, 3.63) is 12.2 Å². The van der Waals surface area contributed by atoms with Gasteiger partial charge in [-0.2, -0.15) is 0 Å². The van der Waals surface area contributed by atoms with Crippen molar-refractivity contribution < 1.29 is 33.3 Å². The van der Waals surface area contributed by atoms with Crippen LogP contribution in [0.15, 0.2) is 12.2 Å². The van der Waals surface area contributed by atoms with Crippen LogP contribution >= 0.6 is 0 Å². The van der Waals surface area contributed by atoms with E-state index in [9.17, 15) is 14.4 Å². The van der Waals surface area contributed by atoms with Gasteiger partial charge in [0, 0.05) is 17.4 Å². The molecule has 2 bridgehead atoms. The number of hydrogen-bond donors (Lipinski definition) is 0. The molecule has 1 saturated heterocycles. The Morgan fingerprint density at radius 3 is 2.64 bits per heavy atom. The Morgan fingerprint density at radius 1 is 1.25 bits per heavy atom. The van der Waals surface area contributed by atoms with Gasteiger partial charge in [0.05, 0.1) is 6.10 Å². The first-order valence-electron chi connectivity index (χ1n) is 10.3. The quantitative estimate of drug-likeness (QED) is 0.226. The van der Waals surface area contributed by atoms with E-state index in [1.807, 2.05) is 0 Å². The molecule has 154 valence electrons. The van der Waals surface area contributed by atoms with Crippen molar-refractivity contribution in [1.82, 2.24) is 0 Å². The minimum Gasteiger partial charge on any atom is -0.457 e. The van der Waals surface area contributed by atoms with Crippen LogP contribution in [0.25, 0.3) is 0 Å². The monoisotopic (exact) mass is 392 g/mol. The number of hydrogen-bond acceptors (Lipinski definition) is 7. The third kappa shape index (κ3) is 3.04. The summed E-state index contributed by atoms with van der Waals surface area (Å²) in [6.45, 7) is 6.86. The van der Waals surface area contributed by atoms with E-state index in [0.29, 0.717) is 12.0 Å². The van der Waals surface area contributed by atoms with Crippen molar-refractivity contribution >= 4 is 17.9 Å². The van der Waals surface area contributed by atoms with Crippen molar-refractivity contribution in [3.8, 4) is 0 Å². The molecule has 6 unspecified atom stereocenters. The first kappa shape index (κ1) is 19.4. The second-order valence-electron chi connectivity index (χ2n) is 8.67. The third-order valence-electron chi connectivity index (χ3n) is 6.73. The van der Waals surface area contributed by atoms with E-state index in [2.05, 4.69) is 6.58 Å². The zero-order valence-electron chi connectivity index (χ0n) is 16.5. The summed E-state index contributed by atoms with van der Waals surface area (Å²) in [5.41, 5.74) is -0.988. The summed E-state index contributed by atoms with van der Waals surface area (Å²) >= 11 is 0. The van der Waals surface area contributed by atoms with E-state index >= 15 is 0 Å². The Hall–Kier alpha value is -1.89. The average molecular weight is 392 g/mol. The van der Waals surface area contributed by atoms with E-state index in [1.165, 1.54) is 6.42 Å². The smallest absolute Gasteiger partial charge is 0.333 e. The van der Waals surface area contributed by atoms with Gasteiger partial charge in [-0.25, -0.2) is 4.79 Å². The molecule has 0 N–H and O–H groups in total. The van der Waals surface area contributed by atoms with Gasteiger partial charge in [-0.05, 0) is 39.5 Å². The molecule has 4 aliphatic rings. The Kier molecular flexibility index (Phi) is 4.98. The van der Waals surface area contributed by atoms with Gasteiger partial charge >= 0.3 is 17.9 Å². The minimum atomic E-state index is -1.29. The molecule has 3 aliphatic carbocycles. The van der Waals surface area contributed by atoms with Crippen LogP contribution in [0.4, 0.5) is 0 Å². The molecular formula is C21H28O7. The largest absolute Gasteiger partial charge is 0.457 e. The lowest BCUT2D eigenvalue weighted by atomic mass is 9.73. The lowest BCUT2D eigenvalue weighted by Crippen LogP contribution is -2.46. The Morgan fingerprint density at radius 2 is 1.96 bits per heavy atom. The summed E-state index contributed by atoms with van der Waals surface area (Å²) in [6, 6.07) is 0. The van der Waals surface area contributed by atoms with E-state index in [1.54, 1.807) is 13.8 Å². The maximum atomic E-state index is 13.0. The van der Waals surface area contributed by atoms with Gasteiger partial charge < -0.3 is 18.9 Å². The van der Waals surface area contributed by atoms with Crippen LogP contribution in [-0.2, 0) is 33.3 Å². The topological polar surface area (TPSA) is 88.1 Å². The maximum Gasteiger partial charge on any atom is 0.333 e. The number of esters is 3. The van der Waals surface area contributed by atoms with E-state index < -0.39 is 41.8 Å². The van der Waals surface area contributed by atoms with Gasteiger partial charge in [0.15, 0.2) is 11.7 Å². The van der Waals surface area contributed by atoms with E-state index in [-0.39, 0.29) is 24.4 Å². The van der Waals surface area contributed by atoms with Crippen LogP contribution in [0.2, 0.25) is 0 Å². The molecule has 4 fully saturated rings. The SMILES string of the molecule is C=C(C)C(=O)OC1C2CC3C1OC(=O)C3(C(=O)OC(C)OC1CCCCC1)C2. The second-order valence-corrected chi connectivity index (χ2v) is 8.67. The molecule has 0 radical (unpaired) electrons. The third-order valence-corrected chi connectivity index (χ3v) is 6.73. The van der Waals surface area contributed by atoms with Crippen molar-refractivity contribution in [1.29, 1.82) is 0 Å². The maximum absolute atomic E-state index is 13.0. The molecule has 0 aromatic rings. The Balaban J connectivity index is 1.41. The highest BCUT2D eigenvalue weighted by atomic mass is 16.7. The highest BCUT2D eigenvalue weighted by Gasteiger charge is 2.75. The fraction of sp³-hybridized carbons (Fsp3) is 0.762. The molecule has 7 nitrogen and oxygen atoms in total. The number of carbonyl (C=O) groups excluding carboxylic acids is 3. The summed E-state index contributed by atoms with van der Waals surface area (Å²) in [5.74, 6) is -2.04. The number of fused-ring (bicyclic) bond motifs is 1. The van der Waals surface area contributed by atoms with Gasteiger partial charge in [0.1, 0.15) is 12.2 Å². The van der Waals surface area contributed by atoms with E-state index in [4.69, 9.17) is 18.9 Å². The van der Waals surface area contributed by atoms with Crippen LogP contribution in [0.3, 0.4) is 0 Å². The predicted octanol–water partition coefficient (Wildman–Crippen LogP) is 2.66.